The van der Waals surface area contributed by atoms with E-state index in [2.05, 4.69) is 6.58 Å². The van der Waals surface area contributed by atoms with Crippen LogP contribution in [0.4, 0.5) is 0 Å². The van der Waals surface area contributed by atoms with Gasteiger partial charge in [0.2, 0.25) is 0 Å². The molecular weight excluding hydrogens is 236 g/mol. The molecule has 3 saturated heterocycles. The smallest absolute Gasteiger partial charge is 0.190 e. The number of hydrogen-bond acceptors (Lipinski definition) is 5. The lowest BCUT2D eigenvalue weighted by Gasteiger charge is -2.35. The highest BCUT2D eigenvalue weighted by molar-refractivity contribution is 5.04. The molecule has 0 amide bonds. The minimum Gasteiger partial charge on any atom is -0.342 e. The molecule has 3 aliphatic heterocycles. The fourth-order valence-corrected chi connectivity index (χ4v) is 2.83. The van der Waals surface area contributed by atoms with Gasteiger partial charge in [-0.15, -0.1) is 6.58 Å². The van der Waals surface area contributed by atoms with E-state index in [0.717, 1.165) is 0 Å². The summed E-state index contributed by atoms with van der Waals surface area (Å²) in [7, 11) is 0. The molecule has 0 aliphatic carbocycles. The average Bonchev–Trinajstić information content (AvgIpc) is 2.71. The van der Waals surface area contributed by atoms with Crippen molar-refractivity contribution in [3.8, 4) is 0 Å². The van der Waals surface area contributed by atoms with Crippen LogP contribution >= 0.6 is 0 Å². The Morgan fingerprint density at radius 3 is 2.06 bits per heavy atom. The first-order valence-electron chi connectivity index (χ1n) is 6.31. The largest absolute Gasteiger partial charge is 0.342 e. The minimum absolute atomic E-state index is 0.191. The number of fused-ring (bicyclic) bond motifs is 3. The van der Waals surface area contributed by atoms with E-state index in [4.69, 9.17) is 23.7 Å². The predicted octanol–water partition coefficient (Wildman–Crippen LogP) is 1.57. The van der Waals surface area contributed by atoms with Crippen molar-refractivity contribution >= 4 is 0 Å². The maximum Gasteiger partial charge on any atom is 0.190 e. The van der Waals surface area contributed by atoms with E-state index in [1.54, 1.807) is 6.08 Å². The molecule has 2 unspecified atom stereocenters. The van der Waals surface area contributed by atoms with Gasteiger partial charge in [-0.05, 0) is 27.7 Å². The summed E-state index contributed by atoms with van der Waals surface area (Å²) in [6.45, 7) is 11.3. The Balaban J connectivity index is 1.89. The van der Waals surface area contributed by atoms with E-state index in [0.29, 0.717) is 0 Å². The van der Waals surface area contributed by atoms with Crippen LogP contribution in [-0.2, 0) is 23.7 Å². The third-order valence-corrected chi connectivity index (χ3v) is 3.42. The molecule has 0 aromatic rings. The van der Waals surface area contributed by atoms with Crippen LogP contribution < -0.4 is 0 Å². The molecule has 0 saturated carbocycles. The summed E-state index contributed by atoms with van der Waals surface area (Å²) in [5, 5.41) is 0. The molecule has 18 heavy (non-hydrogen) atoms. The van der Waals surface area contributed by atoms with Crippen molar-refractivity contribution in [2.75, 3.05) is 0 Å². The maximum atomic E-state index is 5.94. The lowest BCUT2D eigenvalue weighted by molar-refractivity contribution is -0.222. The molecular formula is C13H20O5. The highest BCUT2D eigenvalue weighted by Gasteiger charge is 2.60. The van der Waals surface area contributed by atoms with Crippen LogP contribution in [-0.4, -0.2) is 42.3 Å². The Morgan fingerprint density at radius 1 is 0.833 bits per heavy atom. The Kier molecular flexibility index (Phi) is 2.63. The van der Waals surface area contributed by atoms with Crippen molar-refractivity contribution in [1.82, 2.24) is 0 Å². The van der Waals surface area contributed by atoms with Crippen molar-refractivity contribution in [2.24, 2.45) is 0 Å². The molecule has 3 aliphatic rings. The first-order chi connectivity index (χ1) is 8.31. The summed E-state index contributed by atoms with van der Waals surface area (Å²) in [6.07, 6.45) is 0.410. The van der Waals surface area contributed by atoms with E-state index in [9.17, 15) is 0 Å². The fourth-order valence-electron chi connectivity index (χ4n) is 2.83. The first-order valence-corrected chi connectivity index (χ1v) is 6.31. The van der Waals surface area contributed by atoms with Crippen LogP contribution in [0.3, 0.4) is 0 Å². The topological polar surface area (TPSA) is 46.2 Å². The van der Waals surface area contributed by atoms with E-state index < -0.39 is 17.9 Å². The monoisotopic (exact) mass is 256 g/mol. The van der Waals surface area contributed by atoms with Crippen molar-refractivity contribution in [3.63, 3.8) is 0 Å². The second kappa shape index (κ2) is 3.77. The van der Waals surface area contributed by atoms with Crippen LogP contribution in [0.2, 0.25) is 0 Å². The molecule has 5 heteroatoms. The van der Waals surface area contributed by atoms with Crippen LogP contribution in [0.5, 0.6) is 0 Å². The van der Waals surface area contributed by atoms with Gasteiger partial charge in [-0.2, -0.15) is 0 Å². The van der Waals surface area contributed by atoms with Crippen LogP contribution in [0.15, 0.2) is 12.7 Å². The van der Waals surface area contributed by atoms with Gasteiger partial charge in [0.15, 0.2) is 17.9 Å². The Bertz CT molecular complexity index is 364. The summed E-state index contributed by atoms with van der Waals surface area (Å²) in [5.41, 5.74) is 0. The van der Waals surface area contributed by atoms with Gasteiger partial charge in [0.25, 0.3) is 0 Å². The summed E-state index contributed by atoms with van der Waals surface area (Å²) >= 11 is 0. The SMILES string of the molecule is C=C[C@@H]1OC2OC(C)(C)O[C@H]2C2OC(C)(C)O[C@@H]21. The normalized spacial score (nSPS) is 48.6. The van der Waals surface area contributed by atoms with Gasteiger partial charge < -0.3 is 23.7 Å². The zero-order valence-corrected chi connectivity index (χ0v) is 11.2. The van der Waals surface area contributed by atoms with Gasteiger partial charge in [0, 0.05) is 0 Å². The number of hydrogen-bond donors (Lipinski definition) is 0. The Labute approximate surface area is 107 Å². The van der Waals surface area contributed by atoms with Gasteiger partial charge in [0.05, 0.1) is 0 Å². The van der Waals surface area contributed by atoms with Crippen molar-refractivity contribution in [3.05, 3.63) is 12.7 Å². The highest BCUT2D eigenvalue weighted by atomic mass is 16.9. The Morgan fingerprint density at radius 2 is 1.39 bits per heavy atom. The summed E-state index contributed by atoms with van der Waals surface area (Å²) < 4.78 is 29.2. The zero-order chi connectivity index (χ0) is 13.1. The van der Waals surface area contributed by atoms with Gasteiger partial charge in [0.1, 0.15) is 24.4 Å². The number of rotatable bonds is 1. The summed E-state index contributed by atoms with van der Waals surface area (Å²) in [5.74, 6) is -1.29. The molecule has 0 radical (unpaired) electrons. The predicted molar refractivity (Wildman–Crippen MR) is 62.7 cm³/mol. The first kappa shape index (κ1) is 12.6. The van der Waals surface area contributed by atoms with Crippen molar-refractivity contribution < 1.29 is 23.7 Å². The van der Waals surface area contributed by atoms with E-state index >= 15 is 0 Å². The second-order valence-corrected chi connectivity index (χ2v) is 5.87. The summed E-state index contributed by atoms with van der Waals surface area (Å²) in [6, 6.07) is 0. The Hall–Kier alpha value is -0.460. The molecule has 102 valence electrons. The van der Waals surface area contributed by atoms with Gasteiger partial charge in [-0.25, -0.2) is 0 Å². The van der Waals surface area contributed by atoms with Gasteiger partial charge in [-0.1, -0.05) is 6.08 Å². The molecule has 0 spiro atoms. The molecule has 3 rings (SSSR count). The zero-order valence-electron chi connectivity index (χ0n) is 11.2. The second-order valence-electron chi connectivity index (χ2n) is 5.87. The van der Waals surface area contributed by atoms with E-state index in [1.807, 2.05) is 27.7 Å². The van der Waals surface area contributed by atoms with Crippen LogP contribution in [0.1, 0.15) is 27.7 Å². The maximum absolute atomic E-state index is 5.94. The van der Waals surface area contributed by atoms with Crippen LogP contribution in [0.25, 0.3) is 0 Å². The molecule has 3 heterocycles. The average molecular weight is 256 g/mol. The lowest BCUT2D eigenvalue weighted by atomic mass is 9.99. The molecule has 5 nitrogen and oxygen atoms in total. The summed E-state index contributed by atoms with van der Waals surface area (Å²) in [4.78, 5) is 0. The third-order valence-electron chi connectivity index (χ3n) is 3.42. The minimum atomic E-state index is -0.661. The standard InChI is InChI=1S/C13H20O5/c1-6-7-8-9(16-12(2,3)15-8)10-11(14-7)18-13(4,5)17-10/h6-11H,1H2,2-5H3/t7-,8+,9?,10-,11?/m0/s1. The van der Waals surface area contributed by atoms with Gasteiger partial charge in [-0.3, -0.25) is 0 Å². The van der Waals surface area contributed by atoms with E-state index in [-0.39, 0.29) is 24.4 Å². The highest BCUT2D eigenvalue weighted by Crippen LogP contribution is 2.44. The molecule has 5 atom stereocenters. The molecule has 3 fully saturated rings. The van der Waals surface area contributed by atoms with Gasteiger partial charge >= 0.3 is 0 Å². The van der Waals surface area contributed by atoms with Crippen LogP contribution in [0, 0.1) is 0 Å². The third kappa shape index (κ3) is 1.90. The molecule has 0 bridgehead atoms. The van der Waals surface area contributed by atoms with Crippen molar-refractivity contribution in [1.29, 1.82) is 0 Å². The fraction of sp³-hybridized carbons (Fsp3) is 0.846. The lowest BCUT2D eigenvalue weighted by Crippen LogP contribution is -2.54. The molecule has 0 N–H and O–H groups in total. The molecule has 0 aromatic carbocycles. The van der Waals surface area contributed by atoms with E-state index in [1.165, 1.54) is 0 Å². The van der Waals surface area contributed by atoms with Crippen molar-refractivity contribution in [2.45, 2.75) is 70.0 Å². The number of ether oxygens (including phenoxy) is 5. The quantitative estimate of drug-likeness (QED) is 0.666. The molecule has 0 aromatic heterocycles.